The van der Waals surface area contributed by atoms with Crippen molar-refractivity contribution < 1.29 is 9.72 Å². The first-order chi connectivity index (χ1) is 6.45. The molecule has 74 valence electrons. The zero-order valence-corrected chi connectivity index (χ0v) is 7.90. The summed E-state index contributed by atoms with van der Waals surface area (Å²) in [5, 5.41) is 10.7. The molecule has 0 unspecified atom stereocenters. The number of anilines is 1. The van der Waals surface area contributed by atoms with Crippen LogP contribution in [0.4, 0.5) is 11.4 Å². The van der Waals surface area contributed by atoms with Crippen molar-refractivity contribution in [2.75, 3.05) is 5.73 Å². The normalized spacial score (nSPS) is 9.86. The SMILES string of the molecule is CC(=O)c1ccc(C)c(N)c1[N+](=O)[O-]. The first-order valence-corrected chi connectivity index (χ1v) is 3.99. The van der Waals surface area contributed by atoms with Gasteiger partial charge in [0.25, 0.3) is 0 Å². The third-order valence-electron chi connectivity index (χ3n) is 2.00. The summed E-state index contributed by atoms with van der Waals surface area (Å²) in [6, 6.07) is 3.02. The number of benzene rings is 1. The van der Waals surface area contributed by atoms with Crippen LogP contribution in [0.3, 0.4) is 0 Å². The zero-order valence-electron chi connectivity index (χ0n) is 7.90. The molecule has 0 saturated heterocycles. The Bertz CT molecular complexity index is 413. The fourth-order valence-electron chi connectivity index (χ4n) is 1.19. The predicted octanol–water partition coefficient (Wildman–Crippen LogP) is 1.69. The van der Waals surface area contributed by atoms with Crippen LogP contribution in [-0.4, -0.2) is 10.7 Å². The molecule has 0 aliphatic carbocycles. The number of ketones is 1. The van der Waals surface area contributed by atoms with Crippen LogP contribution in [0.15, 0.2) is 12.1 Å². The van der Waals surface area contributed by atoms with Crippen molar-refractivity contribution in [1.82, 2.24) is 0 Å². The van der Waals surface area contributed by atoms with Crippen LogP contribution in [-0.2, 0) is 0 Å². The summed E-state index contributed by atoms with van der Waals surface area (Å²) in [6.07, 6.45) is 0. The highest BCUT2D eigenvalue weighted by Crippen LogP contribution is 2.29. The molecule has 0 heterocycles. The molecule has 1 aromatic rings. The summed E-state index contributed by atoms with van der Waals surface area (Å²) in [5.41, 5.74) is 5.94. The van der Waals surface area contributed by atoms with E-state index in [-0.39, 0.29) is 22.7 Å². The van der Waals surface area contributed by atoms with Crippen molar-refractivity contribution in [3.05, 3.63) is 33.4 Å². The molecule has 5 nitrogen and oxygen atoms in total. The Labute approximate surface area is 80.7 Å². The fraction of sp³-hybridized carbons (Fsp3) is 0.222. The third-order valence-corrected chi connectivity index (χ3v) is 2.00. The molecule has 0 aromatic heterocycles. The van der Waals surface area contributed by atoms with Crippen LogP contribution in [0.1, 0.15) is 22.8 Å². The lowest BCUT2D eigenvalue weighted by atomic mass is 10.0. The van der Waals surface area contributed by atoms with Crippen molar-refractivity contribution in [1.29, 1.82) is 0 Å². The number of nitrogens with zero attached hydrogens (tertiary/aromatic N) is 1. The lowest BCUT2D eigenvalue weighted by molar-refractivity contribution is -0.384. The van der Waals surface area contributed by atoms with Gasteiger partial charge in [-0.05, 0) is 25.5 Å². The Kier molecular flexibility index (Phi) is 2.51. The van der Waals surface area contributed by atoms with Gasteiger partial charge < -0.3 is 5.73 Å². The summed E-state index contributed by atoms with van der Waals surface area (Å²) in [6.45, 7) is 2.93. The molecular weight excluding hydrogens is 184 g/mol. The molecule has 5 heteroatoms. The van der Waals surface area contributed by atoms with E-state index in [1.54, 1.807) is 13.0 Å². The van der Waals surface area contributed by atoms with Gasteiger partial charge in [0.05, 0.1) is 10.5 Å². The van der Waals surface area contributed by atoms with Gasteiger partial charge in [-0.25, -0.2) is 0 Å². The van der Waals surface area contributed by atoms with Gasteiger partial charge in [0.15, 0.2) is 5.78 Å². The minimum absolute atomic E-state index is 0.0538. The highest BCUT2D eigenvalue weighted by Gasteiger charge is 2.21. The van der Waals surface area contributed by atoms with Crippen LogP contribution < -0.4 is 5.73 Å². The highest BCUT2D eigenvalue weighted by molar-refractivity contribution is 6.00. The summed E-state index contributed by atoms with van der Waals surface area (Å²) >= 11 is 0. The maximum absolute atomic E-state index is 11.1. The molecule has 0 radical (unpaired) electrons. The second-order valence-corrected chi connectivity index (χ2v) is 3.01. The van der Waals surface area contributed by atoms with E-state index in [2.05, 4.69) is 0 Å². The Morgan fingerprint density at radius 2 is 2.07 bits per heavy atom. The third kappa shape index (κ3) is 1.56. The summed E-state index contributed by atoms with van der Waals surface area (Å²) in [4.78, 5) is 21.1. The Hall–Kier alpha value is -1.91. The zero-order chi connectivity index (χ0) is 10.9. The number of nitro groups is 1. The van der Waals surface area contributed by atoms with Crippen LogP contribution in [0, 0.1) is 17.0 Å². The minimum atomic E-state index is -0.626. The molecule has 0 aliphatic heterocycles. The van der Waals surface area contributed by atoms with Crippen molar-refractivity contribution in [3.8, 4) is 0 Å². The molecule has 0 fully saturated rings. The van der Waals surface area contributed by atoms with Crippen LogP contribution in [0.25, 0.3) is 0 Å². The molecule has 2 N–H and O–H groups in total. The number of carbonyl (C=O) groups excluding carboxylic acids is 1. The number of aryl methyl sites for hydroxylation is 1. The van der Waals surface area contributed by atoms with Gasteiger partial charge in [-0.15, -0.1) is 0 Å². The molecule has 0 atom stereocenters. The molecule has 1 aromatic carbocycles. The average molecular weight is 194 g/mol. The lowest BCUT2D eigenvalue weighted by Gasteiger charge is -2.04. The van der Waals surface area contributed by atoms with E-state index >= 15 is 0 Å². The van der Waals surface area contributed by atoms with Crippen molar-refractivity contribution in [2.45, 2.75) is 13.8 Å². The predicted molar refractivity (Wildman–Crippen MR) is 52.3 cm³/mol. The number of hydrogen-bond acceptors (Lipinski definition) is 4. The van der Waals surface area contributed by atoms with E-state index in [0.717, 1.165) is 0 Å². The van der Waals surface area contributed by atoms with Gasteiger partial charge in [0.1, 0.15) is 5.69 Å². The summed E-state index contributed by atoms with van der Waals surface area (Å²) in [7, 11) is 0. The molecule has 0 amide bonds. The minimum Gasteiger partial charge on any atom is -0.393 e. The van der Waals surface area contributed by atoms with Crippen LogP contribution in [0.2, 0.25) is 0 Å². The van der Waals surface area contributed by atoms with E-state index < -0.39 is 4.92 Å². The molecule has 0 aliphatic rings. The van der Waals surface area contributed by atoms with Gasteiger partial charge in [0.2, 0.25) is 0 Å². The van der Waals surface area contributed by atoms with Crippen molar-refractivity contribution >= 4 is 17.2 Å². The smallest absolute Gasteiger partial charge is 0.303 e. The van der Waals surface area contributed by atoms with E-state index in [4.69, 9.17) is 5.73 Å². The number of nitro benzene ring substituents is 1. The van der Waals surface area contributed by atoms with Gasteiger partial charge in [0, 0.05) is 0 Å². The second kappa shape index (κ2) is 3.45. The van der Waals surface area contributed by atoms with Gasteiger partial charge in [-0.2, -0.15) is 0 Å². The van der Waals surface area contributed by atoms with Crippen LogP contribution >= 0.6 is 0 Å². The molecular formula is C9H10N2O3. The van der Waals surface area contributed by atoms with Gasteiger partial charge in [-0.3, -0.25) is 14.9 Å². The number of Topliss-reactive ketones (excluding diaryl/α,β-unsaturated/α-hetero) is 1. The number of rotatable bonds is 2. The Balaban J connectivity index is 3.53. The molecule has 0 bridgehead atoms. The van der Waals surface area contributed by atoms with Crippen molar-refractivity contribution in [2.24, 2.45) is 0 Å². The summed E-state index contributed by atoms with van der Waals surface area (Å²) in [5.74, 6) is -0.358. The number of carbonyl (C=O) groups is 1. The van der Waals surface area contributed by atoms with E-state index in [1.165, 1.54) is 13.0 Å². The van der Waals surface area contributed by atoms with Crippen molar-refractivity contribution in [3.63, 3.8) is 0 Å². The molecule has 14 heavy (non-hydrogen) atoms. The largest absolute Gasteiger partial charge is 0.393 e. The van der Waals surface area contributed by atoms with Crippen LogP contribution in [0.5, 0.6) is 0 Å². The summed E-state index contributed by atoms with van der Waals surface area (Å²) < 4.78 is 0. The number of nitrogen functional groups attached to an aromatic ring is 1. The molecule has 0 spiro atoms. The first-order valence-electron chi connectivity index (χ1n) is 3.99. The van der Waals surface area contributed by atoms with Gasteiger partial charge in [-0.1, -0.05) is 6.07 Å². The Morgan fingerprint density at radius 1 is 1.50 bits per heavy atom. The van der Waals surface area contributed by atoms with E-state index in [0.29, 0.717) is 5.56 Å². The fourth-order valence-corrected chi connectivity index (χ4v) is 1.19. The maximum Gasteiger partial charge on any atom is 0.303 e. The first kappa shape index (κ1) is 10.2. The lowest BCUT2D eigenvalue weighted by Crippen LogP contribution is -2.05. The number of hydrogen-bond donors (Lipinski definition) is 1. The van der Waals surface area contributed by atoms with Gasteiger partial charge >= 0.3 is 5.69 Å². The highest BCUT2D eigenvalue weighted by atomic mass is 16.6. The molecule has 0 saturated carbocycles. The molecule has 1 rings (SSSR count). The van der Waals surface area contributed by atoms with E-state index in [1.807, 2.05) is 0 Å². The second-order valence-electron chi connectivity index (χ2n) is 3.01. The quantitative estimate of drug-likeness (QED) is 0.336. The maximum atomic E-state index is 11.1. The standard InChI is InChI=1S/C9H10N2O3/c1-5-3-4-7(6(2)12)9(8(5)10)11(13)14/h3-4H,10H2,1-2H3. The number of nitrogens with two attached hydrogens (primary N) is 1. The Morgan fingerprint density at radius 3 is 2.50 bits per heavy atom. The monoisotopic (exact) mass is 194 g/mol. The van der Waals surface area contributed by atoms with E-state index in [9.17, 15) is 14.9 Å². The topological polar surface area (TPSA) is 86.2 Å². The average Bonchev–Trinajstić information content (AvgIpc) is 2.08.